The Morgan fingerprint density at radius 1 is 1.32 bits per heavy atom. The molecule has 1 heterocycles. The summed E-state index contributed by atoms with van der Waals surface area (Å²) in [4.78, 5) is 4.30. The zero-order chi connectivity index (χ0) is 14.6. The van der Waals surface area contributed by atoms with E-state index in [9.17, 15) is 10.2 Å². The van der Waals surface area contributed by atoms with Gasteiger partial charge in [0.05, 0.1) is 11.8 Å². The second-order valence-corrected chi connectivity index (χ2v) is 6.20. The first-order chi connectivity index (χ1) is 8.74. The van der Waals surface area contributed by atoms with Crippen molar-refractivity contribution < 1.29 is 10.2 Å². The molecule has 0 spiro atoms. The van der Waals surface area contributed by atoms with Crippen LogP contribution in [0.25, 0.3) is 0 Å². The van der Waals surface area contributed by atoms with Crippen LogP contribution in [0, 0.1) is 18.3 Å². The Bertz CT molecular complexity index is 417. The largest absolute Gasteiger partial charge is 0.506 e. The van der Waals surface area contributed by atoms with Crippen LogP contribution in [0.5, 0.6) is 5.75 Å². The van der Waals surface area contributed by atoms with Crippen molar-refractivity contribution in [2.45, 2.75) is 47.3 Å². The highest BCUT2D eigenvalue weighted by Gasteiger charge is 2.29. The van der Waals surface area contributed by atoms with E-state index in [4.69, 9.17) is 0 Å². The Labute approximate surface area is 115 Å². The third kappa shape index (κ3) is 4.48. The van der Waals surface area contributed by atoms with E-state index in [2.05, 4.69) is 10.3 Å². The number of hydrogen-bond donors (Lipinski definition) is 3. The Morgan fingerprint density at radius 2 is 1.95 bits per heavy atom. The van der Waals surface area contributed by atoms with Gasteiger partial charge in [-0.3, -0.25) is 4.98 Å². The second-order valence-electron chi connectivity index (χ2n) is 6.20. The van der Waals surface area contributed by atoms with Crippen molar-refractivity contribution in [1.29, 1.82) is 0 Å². The summed E-state index contributed by atoms with van der Waals surface area (Å²) in [5.74, 6) is 0.433. The predicted octanol–water partition coefficient (Wildman–Crippen LogP) is 2.23. The maximum Gasteiger partial charge on any atom is 0.138 e. The normalized spacial score (nSPS) is 13.8. The van der Waals surface area contributed by atoms with Gasteiger partial charge < -0.3 is 15.5 Å². The maximum absolute atomic E-state index is 10.1. The third-order valence-electron chi connectivity index (χ3n) is 3.39. The van der Waals surface area contributed by atoms with Crippen LogP contribution < -0.4 is 5.32 Å². The topological polar surface area (TPSA) is 65.4 Å². The number of aliphatic hydroxyl groups excluding tert-OH is 1. The molecule has 3 N–H and O–H groups in total. The minimum absolute atomic E-state index is 0.209. The first-order valence-corrected chi connectivity index (χ1v) is 6.78. The predicted molar refractivity (Wildman–Crippen MR) is 77.0 cm³/mol. The van der Waals surface area contributed by atoms with Crippen LogP contribution in [0.4, 0.5) is 0 Å². The molecule has 0 amide bonds. The van der Waals surface area contributed by atoms with E-state index in [1.807, 2.05) is 34.6 Å². The molecule has 0 radical (unpaired) electrons. The summed E-state index contributed by atoms with van der Waals surface area (Å²) in [6, 6.07) is 3.44. The zero-order valence-electron chi connectivity index (χ0n) is 12.6. The molecule has 4 nitrogen and oxygen atoms in total. The third-order valence-corrected chi connectivity index (χ3v) is 3.39. The Balaban J connectivity index is 2.56. The lowest BCUT2D eigenvalue weighted by Crippen LogP contribution is -2.41. The summed E-state index contributed by atoms with van der Waals surface area (Å²) in [6.07, 6.45) is -0.362. The average Bonchev–Trinajstić information content (AvgIpc) is 2.32. The molecular formula is C15H26N2O2. The molecule has 108 valence electrons. The smallest absolute Gasteiger partial charge is 0.138 e. The Hall–Kier alpha value is -1.13. The van der Waals surface area contributed by atoms with E-state index >= 15 is 0 Å². The SMILES string of the molecule is Cc1ccc(O)c(CNCC(C)(C)C(O)C(C)C)n1. The van der Waals surface area contributed by atoms with Crippen molar-refractivity contribution in [2.75, 3.05) is 6.54 Å². The molecule has 1 atom stereocenters. The first-order valence-electron chi connectivity index (χ1n) is 6.78. The van der Waals surface area contributed by atoms with Crippen LogP contribution in [0.1, 0.15) is 39.1 Å². The first kappa shape index (κ1) is 15.9. The van der Waals surface area contributed by atoms with E-state index in [1.165, 1.54) is 0 Å². The number of nitrogens with zero attached hydrogens (tertiary/aromatic N) is 1. The van der Waals surface area contributed by atoms with Gasteiger partial charge in [-0.05, 0) is 25.0 Å². The van der Waals surface area contributed by atoms with Gasteiger partial charge in [0, 0.05) is 24.2 Å². The molecule has 0 aromatic carbocycles. The van der Waals surface area contributed by atoms with Gasteiger partial charge in [0.1, 0.15) is 5.75 Å². The Morgan fingerprint density at radius 3 is 2.53 bits per heavy atom. The van der Waals surface area contributed by atoms with Gasteiger partial charge >= 0.3 is 0 Å². The lowest BCUT2D eigenvalue weighted by molar-refractivity contribution is 0.0134. The van der Waals surface area contributed by atoms with Crippen molar-refractivity contribution in [3.8, 4) is 5.75 Å². The molecular weight excluding hydrogens is 240 g/mol. The molecule has 1 aromatic rings. The number of rotatable bonds is 6. The number of aliphatic hydroxyl groups is 1. The summed E-state index contributed by atoms with van der Waals surface area (Å²) in [5, 5.41) is 23.1. The minimum atomic E-state index is -0.362. The van der Waals surface area contributed by atoms with Crippen molar-refractivity contribution >= 4 is 0 Å². The van der Waals surface area contributed by atoms with Gasteiger partial charge in [0.25, 0.3) is 0 Å². The summed E-state index contributed by atoms with van der Waals surface area (Å²) in [5.41, 5.74) is 1.32. The molecule has 0 saturated carbocycles. The highest BCUT2D eigenvalue weighted by Crippen LogP contribution is 2.25. The van der Waals surface area contributed by atoms with E-state index < -0.39 is 0 Å². The van der Waals surface area contributed by atoms with Crippen LogP contribution in [0.15, 0.2) is 12.1 Å². The number of aromatic nitrogens is 1. The molecule has 0 aliphatic carbocycles. The fourth-order valence-corrected chi connectivity index (χ4v) is 2.24. The van der Waals surface area contributed by atoms with E-state index in [-0.39, 0.29) is 23.2 Å². The van der Waals surface area contributed by atoms with Gasteiger partial charge in [0.2, 0.25) is 0 Å². The van der Waals surface area contributed by atoms with Crippen LogP contribution in [0.3, 0.4) is 0 Å². The van der Waals surface area contributed by atoms with Gasteiger partial charge in [-0.15, -0.1) is 0 Å². The van der Waals surface area contributed by atoms with Gasteiger partial charge in [-0.25, -0.2) is 0 Å². The van der Waals surface area contributed by atoms with Crippen LogP contribution >= 0.6 is 0 Å². The zero-order valence-corrected chi connectivity index (χ0v) is 12.6. The molecule has 0 bridgehead atoms. The maximum atomic E-state index is 10.1. The summed E-state index contributed by atoms with van der Waals surface area (Å²) < 4.78 is 0. The number of nitrogens with one attached hydrogen (secondary N) is 1. The minimum Gasteiger partial charge on any atom is -0.506 e. The highest BCUT2D eigenvalue weighted by atomic mass is 16.3. The number of aryl methyl sites for hydroxylation is 1. The van der Waals surface area contributed by atoms with Crippen molar-refractivity contribution in [2.24, 2.45) is 11.3 Å². The number of hydrogen-bond acceptors (Lipinski definition) is 4. The van der Waals surface area contributed by atoms with Crippen LogP contribution in [-0.4, -0.2) is 27.8 Å². The van der Waals surface area contributed by atoms with E-state index in [1.54, 1.807) is 12.1 Å². The van der Waals surface area contributed by atoms with E-state index in [0.29, 0.717) is 18.8 Å². The Kier molecular flexibility index (Phi) is 5.32. The lowest BCUT2D eigenvalue weighted by atomic mass is 9.81. The second kappa shape index (κ2) is 6.35. The molecule has 19 heavy (non-hydrogen) atoms. The number of pyridine rings is 1. The van der Waals surface area contributed by atoms with Crippen LogP contribution in [-0.2, 0) is 6.54 Å². The molecule has 0 fully saturated rings. The molecule has 0 aliphatic rings. The molecule has 1 unspecified atom stereocenters. The van der Waals surface area contributed by atoms with E-state index in [0.717, 1.165) is 5.69 Å². The fraction of sp³-hybridized carbons (Fsp3) is 0.667. The van der Waals surface area contributed by atoms with Crippen molar-refractivity contribution in [1.82, 2.24) is 10.3 Å². The monoisotopic (exact) mass is 266 g/mol. The summed E-state index contributed by atoms with van der Waals surface area (Å²) >= 11 is 0. The molecule has 0 saturated heterocycles. The van der Waals surface area contributed by atoms with Crippen molar-refractivity contribution in [3.63, 3.8) is 0 Å². The summed E-state index contributed by atoms with van der Waals surface area (Å²) in [7, 11) is 0. The standard InChI is InChI=1S/C15H26N2O2/c1-10(2)14(19)15(4,5)9-16-8-12-13(18)7-6-11(3)17-12/h6-7,10,14,16,18-19H,8-9H2,1-5H3. The van der Waals surface area contributed by atoms with Crippen molar-refractivity contribution in [3.05, 3.63) is 23.5 Å². The fourth-order valence-electron chi connectivity index (χ4n) is 2.24. The number of aromatic hydroxyl groups is 1. The quantitative estimate of drug-likeness (QED) is 0.739. The highest BCUT2D eigenvalue weighted by molar-refractivity contribution is 5.27. The summed E-state index contributed by atoms with van der Waals surface area (Å²) in [6.45, 7) is 11.2. The molecule has 4 heteroatoms. The average molecular weight is 266 g/mol. The van der Waals surface area contributed by atoms with Gasteiger partial charge in [-0.2, -0.15) is 0 Å². The molecule has 1 aromatic heterocycles. The van der Waals surface area contributed by atoms with Gasteiger partial charge in [-0.1, -0.05) is 27.7 Å². The lowest BCUT2D eigenvalue weighted by Gasteiger charge is -2.33. The van der Waals surface area contributed by atoms with Crippen LogP contribution in [0.2, 0.25) is 0 Å². The molecule has 0 aliphatic heterocycles. The molecule has 1 rings (SSSR count). The van der Waals surface area contributed by atoms with Gasteiger partial charge in [0.15, 0.2) is 0 Å².